The molecule has 1 fully saturated rings. The maximum atomic E-state index is 12.6. The summed E-state index contributed by atoms with van der Waals surface area (Å²) in [6.45, 7) is 2.89. The minimum atomic E-state index is -4.39. The van der Waals surface area contributed by atoms with Crippen LogP contribution in [0.2, 0.25) is 0 Å². The minimum absolute atomic E-state index is 0.208. The summed E-state index contributed by atoms with van der Waals surface area (Å²) in [7, 11) is 0. The lowest BCUT2D eigenvalue weighted by Gasteiger charge is -2.31. The molecule has 37 heavy (non-hydrogen) atoms. The summed E-state index contributed by atoms with van der Waals surface area (Å²) in [5.74, 6) is -3.46. The minimum Gasteiger partial charge on any atom is -0.473 e. The number of nitriles is 1. The third-order valence-corrected chi connectivity index (χ3v) is 5.46. The fraction of sp³-hybridized carbons (Fsp3) is 0.360. The summed E-state index contributed by atoms with van der Waals surface area (Å²) in [5, 5.41) is 26.2. The number of alkyl halides is 3. The van der Waals surface area contributed by atoms with Gasteiger partial charge in [0.2, 0.25) is 5.91 Å². The van der Waals surface area contributed by atoms with Gasteiger partial charge in [-0.3, -0.25) is 9.69 Å². The van der Waals surface area contributed by atoms with E-state index < -0.39 is 23.7 Å². The third kappa shape index (κ3) is 10.7. The van der Waals surface area contributed by atoms with Crippen molar-refractivity contribution in [1.82, 2.24) is 4.90 Å². The molecule has 2 aromatic rings. The second kappa shape index (κ2) is 14.0. The Morgan fingerprint density at radius 3 is 2.05 bits per heavy atom. The number of hydrogen-bond acceptors (Lipinski definition) is 6. The molecule has 1 heterocycles. The van der Waals surface area contributed by atoms with Crippen molar-refractivity contribution in [2.24, 2.45) is 5.92 Å². The van der Waals surface area contributed by atoms with Gasteiger partial charge in [0.15, 0.2) is 0 Å². The van der Waals surface area contributed by atoms with Crippen molar-refractivity contribution in [2.75, 3.05) is 31.6 Å². The molecular formula is C25H26F3N3O6. The Labute approximate surface area is 211 Å². The molecule has 0 unspecified atom stereocenters. The fourth-order valence-corrected chi connectivity index (χ4v) is 3.48. The third-order valence-electron chi connectivity index (χ3n) is 5.46. The SMILES string of the molecule is N#Cc1ccc(COCC2CCN(CC(=O)Nc3ccc(C(F)(F)F)cc3)CC2)cc1.O=C(O)C(=O)O. The standard InChI is InChI=1S/C23H24F3N3O2.C2H2O4/c24-23(25,26)20-5-7-21(8-6-20)28-22(30)14-29-11-9-19(10-12-29)16-31-15-18-3-1-17(13-27)2-4-18;3-1(4)2(5)6/h1-8,19H,9-12,14-16H2,(H,28,30);(H,3,4)(H,5,6). The number of piperidine rings is 1. The Balaban J connectivity index is 0.000000717. The molecule has 12 heteroatoms. The molecule has 0 spiro atoms. The first-order chi connectivity index (χ1) is 17.5. The van der Waals surface area contributed by atoms with Crippen LogP contribution in [-0.4, -0.2) is 59.2 Å². The maximum Gasteiger partial charge on any atom is 0.416 e. The summed E-state index contributed by atoms with van der Waals surface area (Å²) in [6, 6.07) is 13.8. The highest BCUT2D eigenvalue weighted by Crippen LogP contribution is 2.29. The van der Waals surface area contributed by atoms with Crippen molar-refractivity contribution in [3.63, 3.8) is 0 Å². The van der Waals surface area contributed by atoms with E-state index in [0.717, 1.165) is 43.6 Å². The predicted molar refractivity (Wildman–Crippen MR) is 125 cm³/mol. The number of carbonyl (C=O) groups is 3. The van der Waals surface area contributed by atoms with Gasteiger partial charge in [-0.05, 0) is 73.8 Å². The Morgan fingerprint density at radius 2 is 1.57 bits per heavy atom. The van der Waals surface area contributed by atoms with Crippen molar-refractivity contribution in [3.8, 4) is 6.07 Å². The number of amides is 1. The Bertz CT molecular complexity index is 1080. The van der Waals surface area contributed by atoms with Gasteiger partial charge in [-0.25, -0.2) is 9.59 Å². The number of nitrogens with one attached hydrogen (secondary N) is 1. The number of hydrogen-bond donors (Lipinski definition) is 3. The van der Waals surface area contributed by atoms with Crippen molar-refractivity contribution in [2.45, 2.75) is 25.6 Å². The molecule has 0 bridgehead atoms. The molecule has 1 amide bonds. The van der Waals surface area contributed by atoms with Gasteiger partial charge < -0.3 is 20.3 Å². The van der Waals surface area contributed by atoms with Gasteiger partial charge >= 0.3 is 18.1 Å². The van der Waals surface area contributed by atoms with Gasteiger partial charge in [0.05, 0.1) is 30.3 Å². The van der Waals surface area contributed by atoms with Crippen LogP contribution in [0, 0.1) is 17.2 Å². The Kier molecular flexibility index (Phi) is 11.0. The molecule has 3 rings (SSSR count). The summed E-state index contributed by atoms with van der Waals surface area (Å²) in [5.41, 5.74) is 1.26. The number of halogens is 3. The molecule has 2 aromatic carbocycles. The maximum absolute atomic E-state index is 12.6. The number of anilines is 1. The van der Waals surface area contributed by atoms with Crippen molar-refractivity contribution >= 4 is 23.5 Å². The van der Waals surface area contributed by atoms with E-state index in [-0.39, 0.29) is 12.5 Å². The van der Waals surface area contributed by atoms with E-state index in [4.69, 9.17) is 29.8 Å². The van der Waals surface area contributed by atoms with E-state index >= 15 is 0 Å². The number of likely N-dealkylation sites (tertiary alicyclic amines) is 1. The first kappa shape index (κ1) is 29.3. The average molecular weight is 521 g/mol. The average Bonchev–Trinajstić information content (AvgIpc) is 2.85. The number of aliphatic carboxylic acids is 2. The molecule has 0 aliphatic carbocycles. The first-order valence-electron chi connectivity index (χ1n) is 11.2. The van der Waals surface area contributed by atoms with Crippen LogP contribution in [0.5, 0.6) is 0 Å². The van der Waals surface area contributed by atoms with Gasteiger partial charge in [0.25, 0.3) is 0 Å². The summed E-state index contributed by atoms with van der Waals surface area (Å²) in [4.78, 5) is 32.4. The molecule has 1 saturated heterocycles. The number of nitrogens with zero attached hydrogens (tertiary/aromatic N) is 2. The smallest absolute Gasteiger partial charge is 0.416 e. The number of ether oxygens (including phenoxy) is 1. The zero-order chi connectivity index (χ0) is 27.4. The number of benzene rings is 2. The van der Waals surface area contributed by atoms with Gasteiger partial charge in [0.1, 0.15) is 0 Å². The van der Waals surface area contributed by atoms with Crippen molar-refractivity contribution in [3.05, 3.63) is 65.2 Å². The second-order valence-corrected chi connectivity index (χ2v) is 8.28. The van der Waals surface area contributed by atoms with Gasteiger partial charge in [-0.2, -0.15) is 18.4 Å². The zero-order valence-corrected chi connectivity index (χ0v) is 19.7. The van der Waals surface area contributed by atoms with Crippen molar-refractivity contribution in [1.29, 1.82) is 5.26 Å². The Hall–Kier alpha value is -3.95. The Morgan fingerprint density at radius 1 is 1.00 bits per heavy atom. The van der Waals surface area contributed by atoms with E-state index in [0.29, 0.717) is 30.4 Å². The number of carbonyl (C=O) groups excluding carboxylic acids is 1. The number of carboxylic acids is 2. The van der Waals surface area contributed by atoms with Crippen LogP contribution in [0.25, 0.3) is 0 Å². The molecule has 1 aliphatic rings. The van der Waals surface area contributed by atoms with Crippen molar-refractivity contribution < 1.29 is 42.5 Å². The van der Waals surface area contributed by atoms with Crippen LogP contribution in [0.1, 0.15) is 29.5 Å². The molecule has 198 valence electrons. The molecule has 1 aliphatic heterocycles. The molecule has 3 N–H and O–H groups in total. The summed E-state index contributed by atoms with van der Waals surface area (Å²) >= 11 is 0. The molecule has 0 saturated carbocycles. The fourth-order valence-electron chi connectivity index (χ4n) is 3.48. The van der Waals surface area contributed by atoms with Crippen LogP contribution < -0.4 is 5.32 Å². The number of rotatable bonds is 7. The summed E-state index contributed by atoms with van der Waals surface area (Å²) < 4.78 is 43.6. The van der Waals surface area contributed by atoms with Gasteiger partial charge in [0, 0.05) is 12.3 Å². The molecule has 0 radical (unpaired) electrons. The zero-order valence-electron chi connectivity index (χ0n) is 19.7. The van der Waals surface area contributed by atoms with Crippen LogP contribution in [0.3, 0.4) is 0 Å². The highest BCUT2D eigenvalue weighted by atomic mass is 19.4. The lowest BCUT2D eigenvalue weighted by atomic mass is 9.98. The van der Waals surface area contributed by atoms with Crippen LogP contribution in [0.15, 0.2) is 48.5 Å². The molecular weight excluding hydrogens is 495 g/mol. The van der Waals surface area contributed by atoms with E-state index in [1.807, 2.05) is 17.0 Å². The van der Waals surface area contributed by atoms with E-state index in [1.165, 1.54) is 12.1 Å². The largest absolute Gasteiger partial charge is 0.473 e. The van der Waals surface area contributed by atoms with E-state index in [1.54, 1.807) is 12.1 Å². The molecule has 0 aromatic heterocycles. The normalized spacial score (nSPS) is 14.1. The monoisotopic (exact) mass is 521 g/mol. The lowest BCUT2D eigenvalue weighted by Crippen LogP contribution is -2.40. The van der Waals surface area contributed by atoms with Crippen LogP contribution in [-0.2, 0) is 31.9 Å². The highest BCUT2D eigenvalue weighted by Gasteiger charge is 2.30. The number of carboxylic acid groups (broad SMARTS) is 2. The van der Waals surface area contributed by atoms with Gasteiger partial charge in [-0.15, -0.1) is 0 Å². The lowest BCUT2D eigenvalue weighted by molar-refractivity contribution is -0.159. The van der Waals surface area contributed by atoms with Crippen LogP contribution in [0.4, 0.5) is 18.9 Å². The van der Waals surface area contributed by atoms with E-state index in [9.17, 15) is 18.0 Å². The first-order valence-corrected chi connectivity index (χ1v) is 11.2. The van der Waals surface area contributed by atoms with Crippen LogP contribution >= 0.6 is 0 Å². The molecule has 9 nitrogen and oxygen atoms in total. The summed E-state index contributed by atoms with van der Waals surface area (Å²) in [6.07, 6.45) is -2.56. The predicted octanol–water partition coefficient (Wildman–Crippen LogP) is 3.60. The molecule has 0 atom stereocenters. The highest BCUT2D eigenvalue weighted by molar-refractivity contribution is 6.27. The second-order valence-electron chi connectivity index (χ2n) is 8.28. The van der Waals surface area contributed by atoms with Gasteiger partial charge in [-0.1, -0.05) is 12.1 Å². The topological polar surface area (TPSA) is 140 Å². The quantitative estimate of drug-likeness (QED) is 0.470. The van der Waals surface area contributed by atoms with E-state index in [2.05, 4.69) is 11.4 Å².